The first-order valence-electron chi connectivity index (χ1n) is 7.69. The molecule has 0 bridgehead atoms. The maximum Gasteiger partial charge on any atom is 0.329 e. The first-order valence-corrected chi connectivity index (χ1v) is 7.69. The zero-order chi connectivity index (χ0) is 18.0. The first kappa shape index (κ1) is 17.5. The molecular weight excluding hydrogens is 304 g/mol. The molecule has 0 radical (unpaired) electrons. The SMILES string of the molecule is C#CCn1c(C(=O)c2cc(C)cc(C)c2)c(C(C)C)c(=O)[nH]c1=O. The van der Waals surface area contributed by atoms with Gasteiger partial charge in [0.05, 0.1) is 6.54 Å². The fraction of sp³-hybridized carbons (Fsp3) is 0.316. The second kappa shape index (κ2) is 6.71. The van der Waals surface area contributed by atoms with E-state index in [2.05, 4.69) is 10.9 Å². The van der Waals surface area contributed by atoms with Crippen LogP contribution in [-0.2, 0) is 6.54 Å². The van der Waals surface area contributed by atoms with Crippen molar-refractivity contribution in [2.45, 2.75) is 40.2 Å². The average Bonchev–Trinajstić information content (AvgIpc) is 2.47. The van der Waals surface area contributed by atoms with E-state index in [1.807, 2.05) is 19.9 Å². The van der Waals surface area contributed by atoms with Crippen LogP contribution in [0.5, 0.6) is 0 Å². The number of hydrogen-bond acceptors (Lipinski definition) is 3. The molecule has 2 aromatic rings. The average molecular weight is 324 g/mol. The number of aryl methyl sites for hydroxylation is 2. The number of nitrogens with zero attached hydrogens (tertiary/aromatic N) is 1. The minimum Gasteiger partial charge on any atom is -0.287 e. The van der Waals surface area contributed by atoms with Gasteiger partial charge in [0.15, 0.2) is 0 Å². The molecule has 124 valence electrons. The van der Waals surface area contributed by atoms with Crippen molar-refractivity contribution in [3.05, 3.63) is 67.0 Å². The molecule has 0 saturated carbocycles. The molecule has 5 nitrogen and oxygen atoms in total. The molecule has 0 amide bonds. The third-order valence-corrected chi connectivity index (χ3v) is 3.76. The molecule has 0 aliphatic carbocycles. The van der Waals surface area contributed by atoms with Gasteiger partial charge in [0.25, 0.3) is 5.56 Å². The van der Waals surface area contributed by atoms with Crippen LogP contribution in [0.3, 0.4) is 0 Å². The van der Waals surface area contributed by atoms with Gasteiger partial charge in [0, 0.05) is 11.1 Å². The summed E-state index contributed by atoms with van der Waals surface area (Å²) in [7, 11) is 0. The van der Waals surface area contributed by atoms with Crippen molar-refractivity contribution in [2.24, 2.45) is 0 Å². The van der Waals surface area contributed by atoms with Crippen molar-refractivity contribution >= 4 is 5.78 Å². The zero-order valence-corrected chi connectivity index (χ0v) is 14.3. The van der Waals surface area contributed by atoms with Crippen LogP contribution in [0.1, 0.15) is 52.5 Å². The van der Waals surface area contributed by atoms with Gasteiger partial charge >= 0.3 is 5.69 Å². The van der Waals surface area contributed by atoms with E-state index in [0.29, 0.717) is 5.56 Å². The summed E-state index contributed by atoms with van der Waals surface area (Å²) in [5, 5.41) is 0. The lowest BCUT2D eigenvalue weighted by Crippen LogP contribution is -2.37. The fourth-order valence-corrected chi connectivity index (χ4v) is 2.85. The number of H-pyrrole nitrogens is 1. The summed E-state index contributed by atoms with van der Waals surface area (Å²) in [6.45, 7) is 7.29. The van der Waals surface area contributed by atoms with E-state index in [-0.39, 0.29) is 29.5 Å². The highest BCUT2D eigenvalue weighted by Crippen LogP contribution is 2.19. The van der Waals surface area contributed by atoms with Crippen LogP contribution in [0.2, 0.25) is 0 Å². The molecule has 1 N–H and O–H groups in total. The van der Waals surface area contributed by atoms with Crippen LogP contribution in [0.25, 0.3) is 0 Å². The number of hydrogen-bond donors (Lipinski definition) is 1. The Hall–Kier alpha value is -2.87. The van der Waals surface area contributed by atoms with Crippen molar-refractivity contribution in [3.8, 4) is 12.3 Å². The molecule has 0 atom stereocenters. The number of ketones is 1. The van der Waals surface area contributed by atoms with Gasteiger partial charge in [-0.3, -0.25) is 19.1 Å². The molecule has 0 aliphatic rings. The fourth-order valence-electron chi connectivity index (χ4n) is 2.85. The van der Waals surface area contributed by atoms with Crippen molar-refractivity contribution in [3.63, 3.8) is 0 Å². The number of aromatic nitrogens is 2. The number of carbonyl (C=O) groups is 1. The summed E-state index contributed by atoms with van der Waals surface area (Å²) < 4.78 is 1.16. The molecule has 2 rings (SSSR count). The van der Waals surface area contributed by atoms with E-state index in [1.165, 1.54) is 0 Å². The van der Waals surface area contributed by atoms with Crippen LogP contribution >= 0.6 is 0 Å². The summed E-state index contributed by atoms with van der Waals surface area (Å²) in [5.74, 6) is 1.76. The van der Waals surface area contributed by atoms with Crippen molar-refractivity contribution in [1.82, 2.24) is 9.55 Å². The summed E-state index contributed by atoms with van der Waals surface area (Å²) in [4.78, 5) is 39.8. The molecule has 0 spiro atoms. The van der Waals surface area contributed by atoms with Crippen molar-refractivity contribution < 1.29 is 4.79 Å². The molecule has 0 fully saturated rings. The molecule has 0 saturated heterocycles. The highest BCUT2D eigenvalue weighted by molar-refractivity contribution is 6.09. The maximum absolute atomic E-state index is 13.1. The lowest BCUT2D eigenvalue weighted by molar-refractivity contribution is 0.102. The number of carbonyl (C=O) groups excluding carboxylic acids is 1. The second-order valence-corrected chi connectivity index (χ2v) is 6.17. The smallest absolute Gasteiger partial charge is 0.287 e. The number of terminal acetylenes is 1. The van der Waals surface area contributed by atoms with Gasteiger partial charge in [0.2, 0.25) is 5.78 Å². The lowest BCUT2D eigenvalue weighted by Gasteiger charge is -2.16. The zero-order valence-electron chi connectivity index (χ0n) is 14.3. The van der Waals surface area contributed by atoms with E-state index in [9.17, 15) is 14.4 Å². The summed E-state index contributed by atoms with van der Waals surface area (Å²) in [5.41, 5.74) is 1.42. The molecule has 1 aromatic carbocycles. The summed E-state index contributed by atoms with van der Waals surface area (Å²) >= 11 is 0. The number of nitrogens with one attached hydrogen (secondary N) is 1. The minimum atomic E-state index is -0.671. The van der Waals surface area contributed by atoms with E-state index >= 15 is 0 Å². The molecule has 1 aromatic heterocycles. The normalized spacial score (nSPS) is 10.7. The minimum absolute atomic E-state index is 0.0710. The van der Waals surface area contributed by atoms with Gasteiger partial charge in [0.1, 0.15) is 5.69 Å². The Labute approximate surface area is 140 Å². The lowest BCUT2D eigenvalue weighted by atomic mass is 9.95. The monoisotopic (exact) mass is 324 g/mol. The number of aromatic amines is 1. The topological polar surface area (TPSA) is 71.9 Å². The van der Waals surface area contributed by atoms with Crippen molar-refractivity contribution in [1.29, 1.82) is 0 Å². The maximum atomic E-state index is 13.1. The molecule has 5 heteroatoms. The van der Waals surface area contributed by atoms with E-state index in [4.69, 9.17) is 6.42 Å². The van der Waals surface area contributed by atoms with Crippen LogP contribution < -0.4 is 11.2 Å². The Kier molecular flexibility index (Phi) is 4.89. The van der Waals surface area contributed by atoms with Gasteiger partial charge in [-0.05, 0) is 31.9 Å². The van der Waals surface area contributed by atoms with Crippen LogP contribution in [-0.4, -0.2) is 15.3 Å². The van der Waals surface area contributed by atoms with Gasteiger partial charge in [-0.2, -0.15) is 0 Å². The van der Waals surface area contributed by atoms with Gasteiger partial charge in [-0.25, -0.2) is 4.79 Å². The Bertz CT molecular complexity index is 936. The Morgan fingerprint density at radius 2 is 1.79 bits per heavy atom. The Balaban J connectivity index is 2.84. The molecule has 24 heavy (non-hydrogen) atoms. The second-order valence-electron chi connectivity index (χ2n) is 6.17. The van der Waals surface area contributed by atoms with Gasteiger partial charge in [-0.15, -0.1) is 6.42 Å². The first-order chi connectivity index (χ1) is 11.3. The third-order valence-electron chi connectivity index (χ3n) is 3.76. The standard InChI is InChI=1S/C19H20N2O3/c1-6-7-21-16(15(11(2)3)18(23)20-19(21)24)17(22)14-9-12(4)8-13(5)10-14/h1,8-11H,7H2,2-5H3,(H,20,23,24). The predicted octanol–water partition coefficient (Wildman–Crippen LogP) is 2.14. The van der Waals surface area contributed by atoms with Crippen LogP contribution in [0.15, 0.2) is 27.8 Å². The summed E-state index contributed by atoms with van der Waals surface area (Å²) in [6.07, 6.45) is 5.34. The van der Waals surface area contributed by atoms with E-state index in [1.54, 1.807) is 26.0 Å². The molecule has 1 heterocycles. The van der Waals surface area contributed by atoms with Gasteiger partial charge < -0.3 is 0 Å². The Morgan fingerprint density at radius 3 is 2.29 bits per heavy atom. The van der Waals surface area contributed by atoms with Crippen molar-refractivity contribution in [2.75, 3.05) is 0 Å². The third kappa shape index (κ3) is 3.23. The quantitative estimate of drug-likeness (QED) is 0.692. The number of rotatable bonds is 4. The molecule has 0 unspecified atom stereocenters. The molecular formula is C19H20N2O3. The van der Waals surface area contributed by atoms with E-state index in [0.717, 1.165) is 15.7 Å². The number of benzene rings is 1. The Morgan fingerprint density at radius 1 is 1.21 bits per heavy atom. The summed E-state index contributed by atoms with van der Waals surface area (Å²) in [6, 6.07) is 5.43. The predicted molar refractivity (Wildman–Crippen MR) is 93.6 cm³/mol. The van der Waals surface area contributed by atoms with Crippen LogP contribution in [0.4, 0.5) is 0 Å². The van der Waals surface area contributed by atoms with Crippen LogP contribution in [0, 0.1) is 26.2 Å². The molecule has 0 aliphatic heterocycles. The highest BCUT2D eigenvalue weighted by atomic mass is 16.2. The largest absolute Gasteiger partial charge is 0.329 e. The van der Waals surface area contributed by atoms with E-state index < -0.39 is 11.2 Å². The van der Waals surface area contributed by atoms with Gasteiger partial charge in [-0.1, -0.05) is 37.0 Å². The highest BCUT2D eigenvalue weighted by Gasteiger charge is 2.24.